The Morgan fingerprint density at radius 1 is 1.29 bits per heavy atom. The van der Waals surface area contributed by atoms with Crippen LogP contribution >= 0.6 is 0 Å². The Balaban J connectivity index is 2.25. The summed E-state index contributed by atoms with van der Waals surface area (Å²) in [5, 5.41) is 2.49. The fraction of sp³-hybridized carbons (Fsp3) is 0.200. The van der Waals surface area contributed by atoms with Gasteiger partial charge in [0.15, 0.2) is 0 Å². The van der Waals surface area contributed by atoms with E-state index < -0.39 is 5.91 Å². The van der Waals surface area contributed by atoms with Gasteiger partial charge >= 0.3 is 0 Å². The van der Waals surface area contributed by atoms with Gasteiger partial charge < -0.3 is 11.1 Å². The van der Waals surface area contributed by atoms with Crippen molar-refractivity contribution in [2.75, 3.05) is 18.5 Å². The minimum absolute atomic E-state index is 0.148. The molecule has 0 aromatic heterocycles. The molecule has 4 N–H and O–H groups in total. The average Bonchev–Trinajstić information content (AvgIpc) is 2.27. The highest BCUT2D eigenvalue weighted by Gasteiger charge is 2.02. The molecule has 0 atom stereocenters. The standard InChI is InChI=1S/C10H12FN3O3/c11-7-1-3-8(4-2-7)14-10(16)5-13-17-6-9(12)15/h1-4,13H,5-6H2,(H2,12,15)(H,14,16). The number of nitrogens with one attached hydrogen (secondary N) is 2. The summed E-state index contributed by atoms with van der Waals surface area (Å²) in [7, 11) is 0. The number of hydrogen-bond donors (Lipinski definition) is 3. The lowest BCUT2D eigenvalue weighted by molar-refractivity contribution is -0.127. The molecule has 1 rings (SSSR count). The monoisotopic (exact) mass is 241 g/mol. The van der Waals surface area contributed by atoms with Gasteiger partial charge in [-0.2, -0.15) is 5.48 Å². The Morgan fingerprint density at radius 2 is 1.94 bits per heavy atom. The smallest absolute Gasteiger partial charge is 0.245 e. The van der Waals surface area contributed by atoms with Crippen molar-refractivity contribution in [3.8, 4) is 0 Å². The zero-order valence-corrected chi connectivity index (χ0v) is 8.90. The molecule has 0 saturated carbocycles. The van der Waals surface area contributed by atoms with E-state index in [1.807, 2.05) is 0 Å². The third kappa shape index (κ3) is 5.59. The predicted molar refractivity (Wildman–Crippen MR) is 58.2 cm³/mol. The van der Waals surface area contributed by atoms with Crippen LogP contribution < -0.4 is 16.5 Å². The van der Waals surface area contributed by atoms with Crippen LogP contribution in [-0.4, -0.2) is 25.0 Å². The maximum absolute atomic E-state index is 12.6. The lowest BCUT2D eigenvalue weighted by atomic mass is 10.3. The third-order valence-corrected chi connectivity index (χ3v) is 1.68. The first kappa shape index (κ1) is 13.1. The van der Waals surface area contributed by atoms with Gasteiger partial charge in [-0.15, -0.1) is 0 Å². The van der Waals surface area contributed by atoms with Gasteiger partial charge in [0.05, 0.1) is 0 Å². The number of carbonyl (C=O) groups is 2. The van der Waals surface area contributed by atoms with Crippen molar-refractivity contribution in [1.29, 1.82) is 0 Å². The van der Waals surface area contributed by atoms with Crippen molar-refractivity contribution in [2.45, 2.75) is 0 Å². The van der Waals surface area contributed by atoms with Crippen LogP contribution in [0.2, 0.25) is 0 Å². The molecule has 0 spiro atoms. The van der Waals surface area contributed by atoms with Crippen molar-refractivity contribution >= 4 is 17.5 Å². The summed E-state index contributed by atoms with van der Waals surface area (Å²) in [6.45, 7) is -0.464. The number of halogens is 1. The summed E-state index contributed by atoms with van der Waals surface area (Å²) in [4.78, 5) is 26.1. The molecule has 0 radical (unpaired) electrons. The molecule has 0 saturated heterocycles. The van der Waals surface area contributed by atoms with Crippen molar-refractivity contribution in [3.05, 3.63) is 30.1 Å². The van der Waals surface area contributed by atoms with Gasteiger partial charge in [-0.1, -0.05) is 0 Å². The van der Waals surface area contributed by atoms with E-state index in [2.05, 4.69) is 15.6 Å². The highest BCUT2D eigenvalue weighted by molar-refractivity contribution is 5.92. The summed E-state index contributed by atoms with van der Waals surface area (Å²) in [6.07, 6.45) is 0. The first-order valence-electron chi connectivity index (χ1n) is 4.76. The molecule has 0 aliphatic carbocycles. The summed E-state index contributed by atoms with van der Waals surface area (Å²) in [5.41, 5.74) is 7.53. The van der Waals surface area contributed by atoms with E-state index in [4.69, 9.17) is 5.73 Å². The first-order valence-corrected chi connectivity index (χ1v) is 4.76. The SMILES string of the molecule is NC(=O)CONCC(=O)Nc1ccc(F)cc1. The van der Waals surface area contributed by atoms with E-state index in [-0.39, 0.29) is 24.9 Å². The van der Waals surface area contributed by atoms with Crippen molar-refractivity contribution < 1.29 is 18.8 Å². The molecule has 17 heavy (non-hydrogen) atoms. The zero-order chi connectivity index (χ0) is 12.7. The number of hydroxylamine groups is 1. The van der Waals surface area contributed by atoms with Crippen LogP contribution in [0.4, 0.5) is 10.1 Å². The quantitative estimate of drug-likeness (QED) is 0.473. The van der Waals surface area contributed by atoms with Crippen LogP contribution in [0.15, 0.2) is 24.3 Å². The first-order chi connectivity index (χ1) is 8.08. The number of anilines is 1. The van der Waals surface area contributed by atoms with E-state index >= 15 is 0 Å². The van der Waals surface area contributed by atoms with Gasteiger partial charge in [-0.05, 0) is 24.3 Å². The predicted octanol–water partition coefficient (Wildman–Crippen LogP) is -0.229. The topological polar surface area (TPSA) is 93.5 Å². The molecule has 0 fully saturated rings. The summed E-state index contributed by atoms with van der Waals surface area (Å²) in [6, 6.07) is 5.31. The molecule has 7 heteroatoms. The molecule has 1 aromatic carbocycles. The van der Waals surface area contributed by atoms with Gasteiger partial charge in [0.1, 0.15) is 19.0 Å². The Labute approximate surface area is 96.9 Å². The molecule has 0 aliphatic rings. The van der Waals surface area contributed by atoms with E-state index in [1.165, 1.54) is 24.3 Å². The number of amides is 2. The minimum atomic E-state index is -0.642. The molecule has 0 bridgehead atoms. The van der Waals surface area contributed by atoms with Crippen LogP contribution in [0, 0.1) is 5.82 Å². The fourth-order valence-electron chi connectivity index (χ4n) is 0.977. The molecular formula is C10H12FN3O3. The maximum Gasteiger partial charge on any atom is 0.245 e. The van der Waals surface area contributed by atoms with E-state index in [0.29, 0.717) is 5.69 Å². The average molecular weight is 241 g/mol. The fourth-order valence-corrected chi connectivity index (χ4v) is 0.977. The van der Waals surface area contributed by atoms with Crippen LogP contribution in [0.25, 0.3) is 0 Å². The molecule has 0 unspecified atom stereocenters. The number of primary amides is 1. The number of rotatable bonds is 6. The lowest BCUT2D eigenvalue weighted by Gasteiger charge is -2.06. The number of nitrogens with two attached hydrogens (primary N) is 1. The summed E-state index contributed by atoms with van der Waals surface area (Å²) >= 11 is 0. The van der Waals surface area contributed by atoms with E-state index in [9.17, 15) is 14.0 Å². The summed E-state index contributed by atoms with van der Waals surface area (Å²) in [5.74, 6) is -1.41. The van der Waals surface area contributed by atoms with Gasteiger partial charge in [-0.3, -0.25) is 14.4 Å². The number of hydrogen-bond acceptors (Lipinski definition) is 4. The molecule has 0 heterocycles. The largest absolute Gasteiger partial charge is 0.368 e. The number of benzene rings is 1. The highest BCUT2D eigenvalue weighted by atomic mass is 19.1. The van der Waals surface area contributed by atoms with E-state index in [1.54, 1.807) is 0 Å². The normalized spacial score (nSPS) is 9.94. The third-order valence-electron chi connectivity index (χ3n) is 1.68. The zero-order valence-electron chi connectivity index (χ0n) is 8.90. The van der Waals surface area contributed by atoms with Crippen molar-refractivity contribution in [1.82, 2.24) is 5.48 Å². The van der Waals surface area contributed by atoms with Crippen LogP contribution in [0.5, 0.6) is 0 Å². The molecular weight excluding hydrogens is 229 g/mol. The minimum Gasteiger partial charge on any atom is -0.368 e. The van der Waals surface area contributed by atoms with Gasteiger partial charge in [0, 0.05) is 5.69 Å². The molecule has 1 aromatic rings. The lowest BCUT2D eigenvalue weighted by Crippen LogP contribution is -2.31. The van der Waals surface area contributed by atoms with Crippen LogP contribution in [0.3, 0.4) is 0 Å². The van der Waals surface area contributed by atoms with Crippen LogP contribution in [0.1, 0.15) is 0 Å². The second-order valence-electron chi connectivity index (χ2n) is 3.13. The van der Waals surface area contributed by atoms with Gasteiger partial charge in [-0.25, -0.2) is 4.39 Å². The second-order valence-corrected chi connectivity index (χ2v) is 3.13. The molecule has 2 amide bonds. The van der Waals surface area contributed by atoms with Crippen LogP contribution in [-0.2, 0) is 14.4 Å². The number of carbonyl (C=O) groups excluding carboxylic acids is 2. The highest BCUT2D eigenvalue weighted by Crippen LogP contribution is 2.07. The Kier molecular flexibility index (Phi) is 5.05. The van der Waals surface area contributed by atoms with Crippen molar-refractivity contribution in [3.63, 3.8) is 0 Å². The van der Waals surface area contributed by atoms with Crippen molar-refractivity contribution in [2.24, 2.45) is 5.73 Å². The van der Waals surface area contributed by atoms with E-state index in [0.717, 1.165) is 0 Å². The molecule has 6 nitrogen and oxygen atoms in total. The van der Waals surface area contributed by atoms with Gasteiger partial charge in [0.2, 0.25) is 11.8 Å². The molecule has 0 aliphatic heterocycles. The Morgan fingerprint density at radius 3 is 2.53 bits per heavy atom. The maximum atomic E-state index is 12.6. The summed E-state index contributed by atoms with van der Waals surface area (Å²) < 4.78 is 12.6. The van der Waals surface area contributed by atoms with Gasteiger partial charge in [0.25, 0.3) is 0 Å². The Bertz CT molecular complexity index is 394. The Hall–Kier alpha value is -1.99. The second kappa shape index (κ2) is 6.56. The molecule has 92 valence electrons.